The highest BCUT2D eigenvalue weighted by molar-refractivity contribution is 5.71. The summed E-state index contributed by atoms with van der Waals surface area (Å²) in [7, 11) is 0. The Kier molecular flexibility index (Phi) is 39.4. The van der Waals surface area contributed by atoms with Gasteiger partial charge in [-0.25, -0.2) is 0 Å². The lowest BCUT2D eigenvalue weighted by atomic mass is 10.0. The van der Waals surface area contributed by atoms with Crippen LogP contribution in [0, 0.1) is 17.8 Å². The third kappa shape index (κ3) is 43.4. The van der Waals surface area contributed by atoms with E-state index in [-0.39, 0.29) is 31.1 Å². The zero-order valence-corrected chi connectivity index (χ0v) is 37.7. The third-order valence-corrected chi connectivity index (χ3v) is 10.9. The number of unbranched alkanes of at least 4 members (excludes halogenated alkanes) is 25. The van der Waals surface area contributed by atoms with E-state index in [1.807, 2.05) is 0 Å². The molecule has 0 saturated heterocycles. The van der Waals surface area contributed by atoms with Crippen LogP contribution in [-0.2, 0) is 28.6 Å². The van der Waals surface area contributed by atoms with Crippen molar-refractivity contribution < 1.29 is 28.6 Å². The van der Waals surface area contributed by atoms with Crippen molar-refractivity contribution in [2.75, 3.05) is 13.2 Å². The van der Waals surface area contributed by atoms with Gasteiger partial charge < -0.3 is 14.2 Å². The second-order valence-corrected chi connectivity index (χ2v) is 18.2. The van der Waals surface area contributed by atoms with E-state index in [4.69, 9.17) is 14.2 Å². The number of carbonyl (C=O) groups is 3. The molecule has 6 heteroatoms. The third-order valence-electron chi connectivity index (χ3n) is 10.9. The number of carbonyl (C=O) groups excluding carboxylic acids is 3. The summed E-state index contributed by atoms with van der Waals surface area (Å²) >= 11 is 0. The summed E-state index contributed by atoms with van der Waals surface area (Å²) in [6, 6.07) is 0. The average Bonchev–Trinajstić information content (AvgIpc) is 3.13. The molecule has 0 bridgehead atoms. The topological polar surface area (TPSA) is 78.9 Å². The molecule has 326 valence electrons. The van der Waals surface area contributed by atoms with Gasteiger partial charge in [0.05, 0.1) is 0 Å². The Morgan fingerprint density at radius 1 is 0.309 bits per heavy atom. The number of ether oxygens (including phenoxy) is 3. The van der Waals surface area contributed by atoms with Crippen molar-refractivity contribution in [3.05, 3.63) is 0 Å². The second kappa shape index (κ2) is 40.6. The average molecular weight is 779 g/mol. The Labute approximate surface area is 342 Å². The quantitative estimate of drug-likeness (QED) is 0.0349. The van der Waals surface area contributed by atoms with Crippen LogP contribution in [0.4, 0.5) is 0 Å². The molecule has 0 unspecified atom stereocenters. The smallest absolute Gasteiger partial charge is 0.306 e. The van der Waals surface area contributed by atoms with Gasteiger partial charge >= 0.3 is 17.9 Å². The van der Waals surface area contributed by atoms with E-state index >= 15 is 0 Å². The Morgan fingerprint density at radius 3 is 0.782 bits per heavy atom. The molecule has 1 atom stereocenters. The molecule has 0 aromatic rings. The molecule has 0 aliphatic carbocycles. The molecular formula is C49H94O6. The Balaban J connectivity index is 4.33. The van der Waals surface area contributed by atoms with Gasteiger partial charge in [-0.15, -0.1) is 0 Å². The number of hydrogen-bond donors (Lipinski definition) is 0. The fourth-order valence-corrected chi connectivity index (χ4v) is 7.23. The van der Waals surface area contributed by atoms with Crippen LogP contribution >= 0.6 is 0 Å². The first kappa shape index (κ1) is 53.4. The molecule has 0 fully saturated rings. The van der Waals surface area contributed by atoms with Gasteiger partial charge in [-0.1, -0.05) is 221 Å². The summed E-state index contributed by atoms with van der Waals surface area (Å²) in [5.74, 6) is 1.56. The van der Waals surface area contributed by atoms with Gasteiger partial charge in [0.2, 0.25) is 0 Å². The zero-order chi connectivity index (χ0) is 40.6. The first-order chi connectivity index (χ1) is 26.6. The lowest BCUT2D eigenvalue weighted by molar-refractivity contribution is -0.167. The normalized spacial score (nSPS) is 12.2. The van der Waals surface area contributed by atoms with E-state index in [0.717, 1.165) is 75.5 Å². The van der Waals surface area contributed by atoms with Gasteiger partial charge in [0, 0.05) is 19.3 Å². The Morgan fingerprint density at radius 2 is 0.527 bits per heavy atom. The molecule has 0 aliphatic heterocycles. The predicted molar refractivity (Wildman–Crippen MR) is 233 cm³/mol. The minimum Gasteiger partial charge on any atom is -0.462 e. The monoisotopic (exact) mass is 779 g/mol. The maximum atomic E-state index is 12.7. The van der Waals surface area contributed by atoms with E-state index in [1.54, 1.807) is 0 Å². The molecule has 0 rings (SSSR count). The van der Waals surface area contributed by atoms with Crippen molar-refractivity contribution in [1.82, 2.24) is 0 Å². The van der Waals surface area contributed by atoms with E-state index in [1.165, 1.54) is 141 Å². The van der Waals surface area contributed by atoms with Crippen LogP contribution in [0.5, 0.6) is 0 Å². The number of esters is 3. The van der Waals surface area contributed by atoms with E-state index in [2.05, 4.69) is 41.5 Å². The maximum absolute atomic E-state index is 12.7. The molecular weight excluding hydrogens is 685 g/mol. The van der Waals surface area contributed by atoms with Gasteiger partial charge in [0.25, 0.3) is 0 Å². The summed E-state index contributed by atoms with van der Waals surface area (Å²) in [5, 5.41) is 0. The molecule has 0 spiro atoms. The zero-order valence-electron chi connectivity index (χ0n) is 37.7. The molecule has 0 saturated carbocycles. The molecule has 0 radical (unpaired) electrons. The summed E-state index contributed by atoms with van der Waals surface area (Å²) in [6.45, 7) is 13.6. The standard InChI is InChI=1S/C49H94O6/c1-43(2)35-29-23-17-12-8-7-9-15-21-28-34-40-49(52)55-46(42-54-48(51)39-33-27-22-16-19-25-31-37-45(5)6)41-53-47(50)38-32-26-20-14-11-10-13-18-24-30-36-44(3)4/h43-46H,7-42H2,1-6H3/t46-/m1/s1. The fraction of sp³-hybridized carbons (Fsp3) is 0.939. The molecule has 0 N–H and O–H groups in total. The van der Waals surface area contributed by atoms with Crippen molar-refractivity contribution >= 4 is 17.9 Å². The second-order valence-electron chi connectivity index (χ2n) is 18.2. The molecule has 55 heavy (non-hydrogen) atoms. The van der Waals surface area contributed by atoms with Crippen LogP contribution in [0.2, 0.25) is 0 Å². The molecule has 0 heterocycles. The molecule has 0 aromatic carbocycles. The molecule has 0 amide bonds. The predicted octanol–water partition coefficient (Wildman–Crippen LogP) is 15.2. The number of hydrogen-bond acceptors (Lipinski definition) is 6. The van der Waals surface area contributed by atoms with Crippen LogP contribution in [0.3, 0.4) is 0 Å². The minimum absolute atomic E-state index is 0.0659. The van der Waals surface area contributed by atoms with Gasteiger partial charge in [0.15, 0.2) is 6.10 Å². The van der Waals surface area contributed by atoms with Crippen LogP contribution in [0.25, 0.3) is 0 Å². The lowest BCUT2D eigenvalue weighted by Crippen LogP contribution is -2.30. The number of rotatable bonds is 42. The first-order valence-corrected chi connectivity index (χ1v) is 24.1. The van der Waals surface area contributed by atoms with Crippen molar-refractivity contribution in [2.24, 2.45) is 17.8 Å². The van der Waals surface area contributed by atoms with Gasteiger partial charge in [-0.2, -0.15) is 0 Å². The largest absolute Gasteiger partial charge is 0.462 e. The first-order valence-electron chi connectivity index (χ1n) is 24.1. The van der Waals surface area contributed by atoms with Crippen molar-refractivity contribution in [2.45, 2.75) is 266 Å². The molecule has 0 aliphatic rings. The van der Waals surface area contributed by atoms with Crippen LogP contribution < -0.4 is 0 Å². The van der Waals surface area contributed by atoms with Gasteiger partial charge in [-0.05, 0) is 37.0 Å². The van der Waals surface area contributed by atoms with Gasteiger partial charge in [-0.3, -0.25) is 14.4 Å². The Hall–Kier alpha value is -1.59. The summed E-state index contributed by atoms with van der Waals surface area (Å²) in [4.78, 5) is 37.8. The fourth-order valence-electron chi connectivity index (χ4n) is 7.23. The van der Waals surface area contributed by atoms with E-state index < -0.39 is 6.10 Å². The lowest BCUT2D eigenvalue weighted by Gasteiger charge is -2.18. The summed E-state index contributed by atoms with van der Waals surface area (Å²) in [5.41, 5.74) is 0. The van der Waals surface area contributed by atoms with Crippen LogP contribution in [0.1, 0.15) is 260 Å². The molecule has 6 nitrogen and oxygen atoms in total. The van der Waals surface area contributed by atoms with Crippen molar-refractivity contribution in [3.8, 4) is 0 Å². The van der Waals surface area contributed by atoms with Crippen LogP contribution in [0.15, 0.2) is 0 Å². The van der Waals surface area contributed by atoms with E-state index in [9.17, 15) is 14.4 Å². The Bertz CT molecular complexity index is 852. The molecule has 0 aromatic heterocycles. The van der Waals surface area contributed by atoms with E-state index in [0.29, 0.717) is 19.3 Å². The summed E-state index contributed by atoms with van der Waals surface area (Å²) in [6.07, 6.45) is 38.1. The van der Waals surface area contributed by atoms with Crippen molar-refractivity contribution in [1.29, 1.82) is 0 Å². The maximum Gasteiger partial charge on any atom is 0.306 e. The summed E-state index contributed by atoms with van der Waals surface area (Å²) < 4.78 is 16.7. The van der Waals surface area contributed by atoms with Crippen molar-refractivity contribution in [3.63, 3.8) is 0 Å². The SMILES string of the molecule is CC(C)CCCCCCCCCCCCCC(=O)O[C@H](COC(=O)CCCCCCCCCCCCC(C)C)COC(=O)CCCCCCCCCC(C)C. The minimum atomic E-state index is -0.762. The van der Waals surface area contributed by atoms with Crippen LogP contribution in [-0.4, -0.2) is 37.2 Å². The highest BCUT2D eigenvalue weighted by atomic mass is 16.6. The highest BCUT2D eigenvalue weighted by Gasteiger charge is 2.19. The van der Waals surface area contributed by atoms with Gasteiger partial charge in [0.1, 0.15) is 13.2 Å². The highest BCUT2D eigenvalue weighted by Crippen LogP contribution is 2.17.